The Balaban J connectivity index is 2.78. The van der Waals surface area contributed by atoms with E-state index in [0.29, 0.717) is 12.3 Å². The molecule has 15 heavy (non-hydrogen) atoms. The number of hydrogen-bond donors (Lipinski definition) is 0. The maximum absolute atomic E-state index is 11.9. The topological polar surface area (TPSA) is 17.1 Å². The van der Waals surface area contributed by atoms with Crippen LogP contribution < -0.4 is 0 Å². The largest absolute Gasteiger partial charge is 0.294 e. The SMILES string of the molecule is Cc1cccc(C(=O)CCC(C)C)c1Br. The summed E-state index contributed by atoms with van der Waals surface area (Å²) in [6.07, 6.45) is 1.60. The van der Waals surface area contributed by atoms with E-state index in [4.69, 9.17) is 0 Å². The number of aryl methyl sites for hydroxylation is 1. The Morgan fingerprint density at radius 2 is 2.07 bits per heavy atom. The summed E-state index contributed by atoms with van der Waals surface area (Å²) in [4.78, 5) is 11.9. The van der Waals surface area contributed by atoms with Crippen LogP contribution in [0, 0.1) is 12.8 Å². The number of halogens is 1. The van der Waals surface area contributed by atoms with Crippen molar-refractivity contribution in [3.05, 3.63) is 33.8 Å². The lowest BCUT2D eigenvalue weighted by Gasteiger charge is -2.07. The van der Waals surface area contributed by atoms with Crippen molar-refractivity contribution in [2.24, 2.45) is 5.92 Å². The van der Waals surface area contributed by atoms with Crippen LogP contribution in [0.3, 0.4) is 0 Å². The first-order chi connectivity index (χ1) is 7.02. The molecule has 0 amide bonds. The van der Waals surface area contributed by atoms with Crippen LogP contribution in [-0.4, -0.2) is 5.78 Å². The molecule has 0 spiro atoms. The van der Waals surface area contributed by atoms with Gasteiger partial charge in [-0.1, -0.05) is 32.0 Å². The Morgan fingerprint density at radius 1 is 1.40 bits per heavy atom. The van der Waals surface area contributed by atoms with Gasteiger partial charge in [-0.25, -0.2) is 0 Å². The molecule has 0 heterocycles. The second-order valence-electron chi connectivity index (χ2n) is 4.29. The van der Waals surface area contributed by atoms with E-state index in [2.05, 4.69) is 29.8 Å². The fourth-order valence-electron chi connectivity index (χ4n) is 1.42. The predicted molar refractivity (Wildman–Crippen MR) is 67.3 cm³/mol. The van der Waals surface area contributed by atoms with Gasteiger partial charge in [0.1, 0.15) is 0 Å². The average molecular weight is 269 g/mol. The van der Waals surface area contributed by atoms with Crippen molar-refractivity contribution < 1.29 is 4.79 Å². The summed E-state index contributed by atoms with van der Waals surface area (Å²) in [6, 6.07) is 5.83. The highest BCUT2D eigenvalue weighted by Crippen LogP contribution is 2.23. The predicted octanol–water partition coefficient (Wildman–Crippen LogP) is 4.38. The summed E-state index contributed by atoms with van der Waals surface area (Å²) in [7, 11) is 0. The third-order valence-corrected chi connectivity index (χ3v) is 3.49. The molecule has 0 fully saturated rings. The Bertz CT molecular complexity index is 356. The molecule has 1 nitrogen and oxygen atoms in total. The van der Waals surface area contributed by atoms with Crippen LogP contribution in [0.5, 0.6) is 0 Å². The van der Waals surface area contributed by atoms with E-state index in [1.54, 1.807) is 0 Å². The van der Waals surface area contributed by atoms with E-state index >= 15 is 0 Å². The minimum atomic E-state index is 0.235. The highest BCUT2D eigenvalue weighted by molar-refractivity contribution is 9.10. The van der Waals surface area contributed by atoms with E-state index in [9.17, 15) is 4.79 Å². The Morgan fingerprint density at radius 3 is 2.67 bits per heavy atom. The molecule has 0 saturated heterocycles. The second-order valence-corrected chi connectivity index (χ2v) is 5.09. The molecule has 0 unspecified atom stereocenters. The summed E-state index contributed by atoms with van der Waals surface area (Å²) in [5.74, 6) is 0.816. The molecule has 0 radical (unpaired) electrons. The molecule has 1 aromatic carbocycles. The number of rotatable bonds is 4. The number of ketones is 1. The van der Waals surface area contributed by atoms with Crippen LogP contribution in [0.15, 0.2) is 22.7 Å². The van der Waals surface area contributed by atoms with Crippen LogP contribution >= 0.6 is 15.9 Å². The summed E-state index contributed by atoms with van der Waals surface area (Å²) in [5, 5.41) is 0. The summed E-state index contributed by atoms with van der Waals surface area (Å²) >= 11 is 3.47. The van der Waals surface area contributed by atoms with Gasteiger partial charge < -0.3 is 0 Å². The molecule has 1 aromatic rings. The third kappa shape index (κ3) is 3.45. The molecule has 0 bridgehead atoms. The molecule has 0 aromatic heterocycles. The molecule has 0 atom stereocenters. The van der Waals surface area contributed by atoms with Gasteiger partial charge in [0.25, 0.3) is 0 Å². The van der Waals surface area contributed by atoms with Gasteiger partial charge in [-0.05, 0) is 40.8 Å². The van der Waals surface area contributed by atoms with Gasteiger partial charge in [-0.3, -0.25) is 4.79 Å². The zero-order valence-corrected chi connectivity index (χ0v) is 11.1. The number of carbonyl (C=O) groups excluding carboxylic acids is 1. The molecule has 1 rings (SSSR count). The minimum Gasteiger partial charge on any atom is -0.294 e. The van der Waals surface area contributed by atoms with E-state index in [-0.39, 0.29) is 5.78 Å². The molecule has 0 saturated carbocycles. The summed E-state index contributed by atoms with van der Waals surface area (Å²) in [6.45, 7) is 6.28. The fourth-order valence-corrected chi connectivity index (χ4v) is 1.90. The summed E-state index contributed by atoms with van der Waals surface area (Å²) < 4.78 is 0.943. The molecular weight excluding hydrogens is 252 g/mol. The van der Waals surface area contributed by atoms with Gasteiger partial charge in [-0.15, -0.1) is 0 Å². The van der Waals surface area contributed by atoms with Gasteiger partial charge in [0.05, 0.1) is 0 Å². The van der Waals surface area contributed by atoms with Gasteiger partial charge in [-0.2, -0.15) is 0 Å². The lowest BCUT2D eigenvalue weighted by atomic mass is 10.0. The van der Waals surface area contributed by atoms with E-state index in [1.165, 1.54) is 0 Å². The van der Waals surface area contributed by atoms with Crippen LogP contribution in [0.1, 0.15) is 42.6 Å². The summed E-state index contributed by atoms with van der Waals surface area (Å²) in [5.41, 5.74) is 1.93. The Labute approximate surface area is 100 Å². The molecule has 0 N–H and O–H groups in total. The van der Waals surface area contributed by atoms with Crippen molar-refractivity contribution in [3.8, 4) is 0 Å². The van der Waals surface area contributed by atoms with Gasteiger partial charge >= 0.3 is 0 Å². The maximum Gasteiger partial charge on any atom is 0.164 e. The van der Waals surface area contributed by atoms with Crippen LogP contribution in [0.2, 0.25) is 0 Å². The first kappa shape index (κ1) is 12.4. The van der Waals surface area contributed by atoms with Crippen molar-refractivity contribution >= 4 is 21.7 Å². The Hall–Kier alpha value is -0.630. The van der Waals surface area contributed by atoms with Crippen LogP contribution in [0.25, 0.3) is 0 Å². The van der Waals surface area contributed by atoms with Crippen molar-refractivity contribution in [2.45, 2.75) is 33.6 Å². The lowest BCUT2D eigenvalue weighted by Crippen LogP contribution is -2.03. The van der Waals surface area contributed by atoms with E-state index < -0.39 is 0 Å². The van der Waals surface area contributed by atoms with Crippen molar-refractivity contribution in [3.63, 3.8) is 0 Å². The number of benzene rings is 1. The molecule has 2 heteroatoms. The highest BCUT2D eigenvalue weighted by atomic mass is 79.9. The van der Waals surface area contributed by atoms with E-state index in [1.807, 2.05) is 25.1 Å². The smallest absolute Gasteiger partial charge is 0.164 e. The average Bonchev–Trinajstić information content (AvgIpc) is 2.18. The van der Waals surface area contributed by atoms with E-state index in [0.717, 1.165) is 22.0 Å². The van der Waals surface area contributed by atoms with Gasteiger partial charge in [0.15, 0.2) is 5.78 Å². The molecule has 0 aliphatic carbocycles. The molecule has 0 aliphatic rings. The standard InChI is InChI=1S/C13H17BrO/c1-9(2)7-8-12(15)11-6-4-5-10(3)13(11)14/h4-6,9H,7-8H2,1-3H3. The second kappa shape index (κ2) is 5.45. The number of Topliss-reactive ketones (excluding diaryl/α,β-unsaturated/α-hetero) is 1. The van der Waals surface area contributed by atoms with Crippen LogP contribution in [-0.2, 0) is 0 Å². The molecule has 0 aliphatic heterocycles. The van der Waals surface area contributed by atoms with Crippen molar-refractivity contribution in [2.75, 3.05) is 0 Å². The highest BCUT2D eigenvalue weighted by Gasteiger charge is 2.11. The first-order valence-electron chi connectivity index (χ1n) is 5.30. The third-order valence-electron chi connectivity index (χ3n) is 2.44. The fraction of sp³-hybridized carbons (Fsp3) is 0.462. The first-order valence-corrected chi connectivity index (χ1v) is 6.10. The number of carbonyl (C=O) groups is 1. The quantitative estimate of drug-likeness (QED) is 0.741. The molecule has 82 valence electrons. The van der Waals surface area contributed by atoms with Gasteiger partial charge in [0, 0.05) is 16.5 Å². The van der Waals surface area contributed by atoms with Crippen LogP contribution in [0.4, 0.5) is 0 Å². The van der Waals surface area contributed by atoms with Gasteiger partial charge in [0.2, 0.25) is 0 Å². The van der Waals surface area contributed by atoms with Crippen molar-refractivity contribution in [1.82, 2.24) is 0 Å². The normalized spacial score (nSPS) is 10.7. The minimum absolute atomic E-state index is 0.235. The maximum atomic E-state index is 11.9. The van der Waals surface area contributed by atoms with Crippen molar-refractivity contribution in [1.29, 1.82) is 0 Å². The number of hydrogen-bond acceptors (Lipinski definition) is 1. The zero-order valence-electron chi connectivity index (χ0n) is 9.51. The lowest BCUT2D eigenvalue weighted by molar-refractivity contribution is 0.0974. The monoisotopic (exact) mass is 268 g/mol. The zero-order chi connectivity index (χ0) is 11.4. The molecular formula is C13H17BrO. The Kier molecular flexibility index (Phi) is 4.52.